The molecule has 1 saturated heterocycles. The van der Waals surface area contributed by atoms with Crippen LogP contribution in [-0.4, -0.2) is 50.8 Å². The molecule has 0 atom stereocenters. The van der Waals surface area contributed by atoms with E-state index in [0.717, 1.165) is 12.8 Å². The van der Waals surface area contributed by atoms with Crippen molar-refractivity contribution in [2.45, 2.75) is 23.8 Å². The molecule has 0 amide bonds. The van der Waals surface area contributed by atoms with Crippen LogP contribution in [0.1, 0.15) is 18.4 Å². The maximum absolute atomic E-state index is 12.6. The summed E-state index contributed by atoms with van der Waals surface area (Å²) < 4.78 is 26.7. The fourth-order valence-corrected chi connectivity index (χ4v) is 4.28. The van der Waals surface area contributed by atoms with Gasteiger partial charge in [0.2, 0.25) is 10.0 Å². The molecule has 5 nitrogen and oxygen atoms in total. The SMILES string of the molecule is CN(C)C1CCN(S(=O)(=O)c2ccc(C#N)c(Cl)c2)CC1. The fourth-order valence-electron chi connectivity index (χ4n) is 2.49. The molecule has 0 unspecified atom stereocenters. The van der Waals surface area contributed by atoms with Gasteiger partial charge in [-0.2, -0.15) is 9.57 Å². The topological polar surface area (TPSA) is 64.4 Å². The van der Waals surface area contributed by atoms with E-state index < -0.39 is 10.0 Å². The first-order valence-corrected chi connectivity index (χ1v) is 8.54. The molecule has 1 aliphatic rings. The summed E-state index contributed by atoms with van der Waals surface area (Å²) in [7, 11) is 0.481. The molecule has 1 aromatic rings. The van der Waals surface area contributed by atoms with E-state index in [0.29, 0.717) is 19.1 Å². The van der Waals surface area contributed by atoms with Crippen LogP contribution in [0, 0.1) is 11.3 Å². The first kappa shape index (κ1) is 16.2. The van der Waals surface area contributed by atoms with Crippen molar-refractivity contribution in [2.75, 3.05) is 27.2 Å². The molecule has 1 aliphatic heterocycles. The van der Waals surface area contributed by atoms with Gasteiger partial charge in [-0.3, -0.25) is 0 Å². The zero-order chi connectivity index (χ0) is 15.6. The Hall–Kier alpha value is -1.13. The number of nitrogens with zero attached hydrogens (tertiary/aromatic N) is 3. The van der Waals surface area contributed by atoms with Crippen molar-refractivity contribution in [3.8, 4) is 6.07 Å². The Balaban J connectivity index is 2.20. The molecule has 1 fully saturated rings. The summed E-state index contributed by atoms with van der Waals surface area (Å²) in [6, 6.07) is 6.59. The molecule has 0 radical (unpaired) electrons. The highest BCUT2D eigenvalue weighted by atomic mass is 35.5. The summed E-state index contributed by atoms with van der Waals surface area (Å²) >= 11 is 5.93. The Morgan fingerprint density at radius 2 is 1.95 bits per heavy atom. The molecular formula is C14H18ClN3O2S. The minimum atomic E-state index is -3.54. The molecule has 1 heterocycles. The molecule has 114 valence electrons. The van der Waals surface area contributed by atoms with Gasteiger partial charge in [0.25, 0.3) is 0 Å². The molecule has 7 heteroatoms. The smallest absolute Gasteiger partial charge is 0.243 e. The third-order valence-corrected chi connectivity index (χ3v) is 6.06. The number of piperidine rings is 1. The summed E-state index contributed by atoms with van der Waals surface area (Å²) in [5.74, 6) is 0. The summed E-state index contributed by atoms with van der Waals surface area (Å²) in [6.07, 6.45) is 1.63. The average Bonchev–Trinajstić information content (AvgIpc) is 2.47. The molecular weight excluding hydrogens is 310 g/mol. The van der Waals surface area contributed by atoms with E-state index in [4.69, 9.17) is 16.9 Å². The molecule has 0 spiro atoms. The highest BCUT2D eigenvalue weighted by Gasteiger charge is 2.30. The van der Waals surface area contributed by atoms with Crippen LogP contribution in [0.15, 0.2) is 23.1 Å². The van der Waals surface area contributed by atoms with Crippen molar-refractivity contribution in [2.24, 2.45) is 0 Å². The zero-order valence-electron chi connectivity index (χ0n) is 12.1. The second-order valence-electron chi connectivity index (χ2n) is 5.35. The van der Waals surface area contributed by atoms with Gasteiger partial charge in [-0.15, -0.1) is 0 Å². The van der Waals surface area contributed by atoms with Gasteiger partial charge in [0.05, 0.1) is 15.5 Å². The number of rotatable bonds is 3. The van der Waals surface area contributed by atoms with Gasteiger partial charge in [0.15, 0.2) is 0 Å². The number of nitriles is 1. The van der Waals surface area contributed by atoms with Crippen LogP contribution < -0.4 is 0 Å². The highest BCUT2D eigenvalue weighted by molar-refractivity contribution is 7.89. The Bertz CT molecular complexity index is 659. The van der Waals surface area contributed by atoms with Crippen molar-refractivity contribution in [1.82, 2.24) is 9.21 Å². The Labute approximate surface area is 130 Å². The second-order valence-corrected chi connectivity index (χ2v) is 7.70. The van der Waals surface area contributed by atoms with Gasteiger partial charge in [-0.25, -0.2) is 8.42 Å². The summed E-state index contributed by atoms with van der Waals surface area (Å²) in [5, 5.41) is 9.01. The maximum Gasteiger partial charge on any atom is 0.243 e. The quantitative estimate of drug-likeness (QED) is 0.851. The van der Waals surface area contributed by atoms with E-state index in [1.807, 2.05) is 20.2 Å². The van der Waals surface area contributed by atoms with Crippen molar-refractivity contribution < 1.29 is 8.42 Å². The van der Waals surface area contributed by atoms with E-state index in [1.54, 1.807) is 0 Å². The average molecular weight is 328 g/mol. The van der Waals surface area contributed by atoms with Gasteiger partial charge >= 0.3 is 0 Å². The lowest BCUT2D eigenvalue weighted by atomic mass is 10.1. The maximum atomic E-state index is 12.6. The van der Waals surface area contributed by atoms with Crippen molar-refractivity contribution in [3.63, 3.8) is 0 Å². The minimum Gasteiger partial charge on any atom is -0.306 e. The van der Waals surface area contributed by atoms with Gasteiger partial charge in [-0.05, 0) is 45.1 Å². The molecule has 0 bridgehead atoms. The second kappa shape index (κ2) is 6.32. The normalized spacial score (nSPS) is 17.9. The number of halogens is 1. The molecule has 0 aliphatic carbocycles. The largest absolute Gasteiger partial charge is 0.306 e. The molecule has 0 saturated carbocycles. The molecule has 21 heavy (non-hydrogen) atoms. The highest BCUT2D eigenvalue weighted by Crippen LogP contribution is 2.25. The summed E-state index contributed by atoms with van der Waals surface area (Å²) in [6.45, 7) is 1.01. The van der Waals surface area contributed by atoms with Crippen molar-refractivity contribution in [1.29, 1.82) is 5.26 Å². The zero-order valence-corrected chi connectivity index (χ0v) is 13.7. The predicted octanol–water partition coefficient (Wildman–Crippen LogP) is 1.93. The van der Waals surface area contributed by atoms with Crippen LogP contribution in [0.5, 0.6) is 0 Å². The lowest BCUT2D eigenvalue weighted by molar-refractivity contribution is 0.196. The van der Waals surface area contributed by atoms with Gasteiger partial charge in [0, 0.05) is 19.1 Å². The lowest BCUT2D eigenvalue weighted by Gasteiger charge is -2.34. The van der Waals surface area contributed by atoms with E-state index in [1.165, 1.54) is 22.5 Å². The van der Waals surface area contributed by atoms with Crippen LogP contribution in [0.3, 0.4) is 0 Å². The van der Waals surface area contributed by atoms with Crippen LogP contribution >= 0.6 is 11.6 Å². The van der Waals surface area contributed by atoms with E-state index >= 15 is 0 Å². The number of hydrogen-bond donors (Lipinski definition) is 0. The molecule has 1 aromatic carbocycles. The first-order chi connectivity index (χ1) is 9.86. The van der Waals surface area contributed by atoms with Crippen LogP contribution in [0.25, 0.3) is 0 Å². The number of benzene rings is 1. The predicted molar refractivity (Wildman–Crippen MR) is 81.6 cm³/mol. The fraction of sp³-hybridized carbons (Fsp3) is 0.500. The Morgan fingerprint density at radius 1 is 1.33 bits per heavy atom. The summed E-state index contributed by atoms with van der Waals surface area (Å²) in [5.41, 5.74) is 0.280. The lowest BCUT2D eigenvalue weighted by Crippen LogP contribution is -2.44. The van der Waals surface area contributed by atoms with Crippen LogP contribution in [0.2, 0.25) is 5.02 Å². The monoisotopic (exact) mass is 327 g/mol. The number of sulfonamides is 1. The van der Waals surface area contributed by atoms with E-state index in [2.05, 4.69) is 4.90 Å². The summed E-state index contributed by atoms with van der Waals surface area (Å²) in [4.78, 5) is 2.28. The Morgan fingerprint density at radius 3 is 2.43 bits per heavy atom. The van der Waals surface area contributed by atoms with Gasteiger partial charge in [-0.1, -0.05) is 11.6 Å². The van der Waals surface area contributed by atoms with Crippen LogP contribution in [0.4, 0.5) is 0 Å². The van der Waals surface area contributed by atoms with Crippen molar-refractivity contribution in [3.05, 3.63) is 28.8 Å². The standard InChI is InChI=1S/C14H18ClN3O2S/c1-17(2)12-5-7-18(8-6-12)21(19,20)13-4-3-11(10-16)14(15)9-13/h3-4,9,12H,5-8H2,1-2H3. The molecule has 0 aromatic heterocycles. The van der Waals surface area contributed by atoms with Crippen LogP contribution in [-0.2, 0) is 10.0 Å². The molecule has 0 N–H and O–H groups in total. The minimum absolute atomic E-state index is 0.148. The molecule has 2 rings (SSSR count). The Kier molecular flexibility index (Phi) is 4.89. The first-order valence-electron chi connectivity index (χ1n) is 6.72. The van der Waals surface area contributed by atoms with Gasteiger partial charge < -0.3 is 4.90 Å². The van der Waals surface area contributed by atoms with Crippen molar-refractivity contribution >= 4 is 21.6 Å². The van der Waals surface area contributed by atoms with E-state index in [9.17, 15) is 8.42 Å². The number of hydrogen-bond acceptors (Lipinski definition) is 4. The van der Waals surface area contributed by atoms with Gasteiger partial charge in [0.1, 0.15) is 6.07 Å². The third kappa shape index (κ3) is 3.38. The van der Waals surface area contributed by atoms with E-state index in [-0.39, 0.29) is 15.5 Å². The third-order valence-electron chi connectivity index (χ3n) is 3.85.